The highest BCUT2D eigenvalue weighted by Gasteiger charge is 2.36. The molecule has 1 heterocycles. The molecule has 0 aromatic carbocycles. The van der Waals surface area contributed by atoms with Crippen LogP contribution in [-0.4, -0.2) is 70.0 Å². The Morgan fingerprint density at radius 1 is 1.36 bits per heavy atom. The van der Waals surface area contributed by atoms with Crippen molar-refractivity contribution in [3.8, 4) is 0 Å². The van der Waals surface area contributed by atoms with E-state index >= 15 is 0 Å². The van der Waals surface area contributed by atoms with Crippen molar-refractivity contribution in [2.24, 2.45) is 11.5 Å². The highest BCUT2D eigenvalue weighted by Crippen LogP contribution is 2.13. The Labute approximate surface area is 146 Å². The molecule has 1 rings (SSSR count). The molecule has 140 valence electrons. The monoisotopic (exact) mass is 354 g/mol. The summed E-state index contributed by atoms with van der Waals surface area (Å²) in [5.41, 5.74) is 11.5. The lowest BCUT2D eigenvalue weighted by Crippen LogP contribution is -2.56. The molecular weight excluding hydrogens is 328 g/mol. The number of carboxylic acid groups (broad SMARTS) is 1. The fraction of sp³-hybridized carbons (Fsp3) is 0.600. The van der Waals surface area contributed by atoms with Crippen LogP contribution in [0.3, 0.4) is 0 Å². The molecule has 0 radical (unpaired) electrons. The van der Waals surface area contributed by atoms with Gasteiger partial charge in [-0.2, -0.15) is 0 Å². The van der Waals surface area contributed by atoms with Gasteiger partial charge in [-0.3, -0.25) is 14.5 Å². The second-order valence-corrected chi connectivity index (χ2v) is 5.57. The predicted molar refractivity (Wildman–Crippen MR) is 90.4 cm³/mol. The zero-order valence-corrected chi connectivity index (χ0v) is 14.3. The van der Waals surface area contributed by atoms with Gasteiger partial charge in [-0.25, -0.2) is 9.78 Å². The number of aromatic amines is 1. The van der Waals surface area contributed by atoms with Crippen LogP contribution in [0.2, 0.25) is 0 Å². The number of carbonyl (C=O) groups is 3. The normalized spacial score (nSPS) is 13.2. The maximum absolute atomic E-state index is 12.8. The number of aromatic nitrogens is 2. The minimum Gasteiger partial charge on any atom is -0.480 e. The first-order valence-corrected chi connectivity index (χ1v) is 8.09. The second-order valence-electron chi connectivity index (χ2n) is 5.57. The molecule has 0 bridgehead atoms. The summed E-state index contributed by atoms with van der Waals surface area (Å²) in [5.74, 6) is -2.61. The van der Waals surface area contributed by atoms with Gasteiger partial charge in [-0.05, 0) is 32.9 Å². The summed E-state index contributed by atoms with van der Waals surface area (Å²) in [7, 11) is 1.56. The number of unbranched alkanes of at least 4 members (excludes halogenated alkanes) is 1. The van der Waals surface area contributed by atoms with Gasteiger partial charge in [0.05, 0.1) is 18.9 Å². The molecule has 10 heteroatoms. The number of carbonyl (C=O) groups excluding carboxylic acids is 2. The van der Waals surface area contributed by atoms with Gasteiger partial charge in [0.15, 0.2) is 0 Å². The maximum Gasteiger partial charge on any atom is 0.326 e. The molecule has 1 aromatic heterocycles. The summed E-state index contributed by atoms with van der Waals surface area (Å²) in [4.78, 5) is 44.2. The summed E-state index contributed by atoms with van der Waals surface area (Å²) >= 11 is 0. The van der Waals surface area contributed by atoms with E-state index in [4.69, 9.17) is 11.5 Å². The molecule has 0 aliphatic carbocycles. The van der Waals surface area contributed by atoms with Crippen molar-refractivity contribution in [1.82, 2.24) is 20.2 Å². The second kappa shape index (κ2) is 10.5. The quantitative estimate of drug-likeness (QED) is 0.297. The van der Waals surface area contributed by atoms with Crippen molar-refractivity contribution in [3.05, 3.63) is 18.2 Å². The highest BCUT2D eigenvalue weighted by molar-refractivity contribution is 6.02. The van der Waals surface area contributed by atoms with Crippen molar-refractivity contribution >= 4 is 17.8 Å². The lowest BCUT2D eigenvalue weighted by atomic mass is 10.0. The first kappa shape index (κ1) is 20.7. The van der Waals surface area contributed by atoms with Crippen LogP contribution in [0.25, 0.3) is 0 Å². The number of rotatable bonds is 11. The number of nitrogens with one attached hydrogen (secondary N) is 2. The Balaban J connectivity index is 3.01. The average Bonchev–Trinajstić information content (AvgIpc) is 3.11. The topological polar surface area (TPSA) is 167 Å². The predicted octanol–water partition coefficient (Wildman–Crippen LogP) is -1.56. The first-order chi connectivity index (χ1) is 12.0. The molecule has 1 aromatic rings. The van der Waals surface area contributed by atoms with E-state index in [1.165, 1.54) is 6.33 Å². The van der Waals surface area contributed by atoms with Crippen molar-refractivity contribution in [2.45, 2.75) is 37.8 Å². The Morgan fingerprint density at radius 2 is 2.08 bits per heavy atom. The van der Waals surface area contributed by atoms with Crippen molar-refractivity contribution in [1.29, 1.82) is 0 Å². The smallest absolute Gasteiger partial charge is 0.326 e. The van der Waals surface area contributed by atoms with Crippen LogP contribution in [-0.2, 0) is 20.8 Å². The number of imidazole rings is 1. The molecule has 0 saturated carbocycles. The van der Waals surface area contributed by atoms with E-state index in [2.05, 4.69) is 15.3 Å². The van der Waals surface area contributed by atoms with Gasteiger partial charge in [-0.1, -0.05) is 0 Å². The number of carboxylic acids is 1. The number of aliphatic carboxylic acids is 1. The minimum atomic E-state index is -1.27. The number of imide groups is 1. The summed E-state index contributed by atoms with van der Waals surface area (Å²) in [5, 5.41) is 12.3. The highest BCUT2D eigenvalue weighted by atomic mass is 16.4. The van der Waals surface area contributed by atoms with E-state index in [1.54, 1.807) is 13.2 Å². The number of hydrogen-bond donors (Lipinski definition) is 5. The molecule has 0 spiro atoms. The van der Waals surface area contributed by atoms with Crippen LogP contribution in [0.1, 0.15) is 25.0 Å². The number of likely N-dealkylation sites (N-methyl/N-ethyl adjacent to an activating group) is 1. The van der Waals surface area contributed by atoms with Gasteiger partial charge in [-0.15, -0.1) is 0 Å². The lowest BCUT2D eigenvalue weighted by Gasteiger charge is -2.30. The van der Waals surface area contributed by atoms with Crippen molar-refractivity contribution < 1.29 is 19.5 Å². The minimum absolute atomic E-state index is 0.129. The summed E-state index contributed by atoms with van der Waals surface area (Å²) in [6, 6.07) is -2.06. The van der Waals surface area contributed by atoms with E-state index < -0.39 is 36.4 Å². The third-order valence-electron chi connectivity index (χ3n) is 3.83. The van der Waals surface area contributed by atoms with Crippen LogP contribution in [0.5, 0.6) is 0 Å². The van der Waals surface area contributed by atoms with Gasteiger partial charge in [0.25, 0.3) is 0 Å². The molecule has 0 fully saturated rings. The SMILES string of the molecule is CNC(Cc1cnc[nH]1)C(=O)N(C(=O)CN)C(CCCCN)C(=O)O. The Morgan fingerprint density at radius 3 is 2.56 bits per heavy atom. The Kier molecular flexibility index (Phi) is 8.75. The van der Waals surface area contributed by atoms with E-state index in [-0.39, 0.29) is 12.8 Å². The Bertz CT molecular complexity index is 562. The van der Waals surface area contributed by atoms with Gasteiger partial charge in [0.2, 0.25) is 11.8 Å². The molecular formula is C15H26N6O4. The molecule has 7 N–H and O–H groups in total. The van der Waals surface area contributed by atoms with Crippen LogP contribution in [0.4, 0.5) is 0 Å². The van der Waals surface area contributed by atoms with Crippen LogP contribution in [0.15, 0.2) is 12.5 Å². The van der Waals surface area contributed by atoms with E-state index in [0.29, 0.717) is 25.1 Å². The zero-order chi connectivity index (χ0) is 18.8. The average molecular weight is 354 g/mol. The molecule has 2 amide bonds. The van der Waals surface area contributed by atoms with Gasteiger partial charge in [0.1, 0.15) is 6.04 Å². The summed E-state index contributed by atoms with van der Waals surface area (Å²) < 4.78 is 0. The largest absolute Gasteiger partial charge is 0.480 e. The number of nitrogens with zero attached hydrogens (tertiary/aromatic N) is 2. The standard InChI is InChI=1S/C15H26N6O4/c1-18-11(6-10-8-19-9-20-10)14(23)21(13(22)7-17)12(15(24)25)4-2-3-5-16/h8-9,11-12,18H,2-7,16-17H2,1H3,(H,19,20)(H,24,25). The van der Waals surface area contributed by atoms with Crippen LogP contribution >= 0.6 is 0 Å². The van der Waals surface area contributed by atoms with Crippen molar-refractivity contribution in [2.75, 3.05) is 20.1 Å². The summed E-state index contributed by atoms with van der Waals surface area (Å²) in [6.45, 7) is -0.0447. The Hall–Kier alpha value is -2.30. The molecule has 10 nitrogen and oxygen atoms in total. The van der Waals surface area contributed by atoms with E-state index in [9.17, 15) is 19.5 Å². The number of nitrogens with two attached hydrogens (primary N) is 2. The molecule has 0 saturated heterocycles. The first-order valence-electron chi connectivity index (χ1n) is 8.09. The van der Waals surface area contributed by atoms with E-state index in [0.717, 1.165) is 4.90 Å². The zero-order valence-electron chi connectivity index (χ0n) is 14.3. The van der Waals surface area contributed by atoms with Crippen LogP contribution < -0.4 is 16.8 Å². The summed E-state index contributed by atoms with van der Waals surface area (Å²) in [6.07, 6.45) is 4.49. The third-order valence-corrected chi connectivity index (χ3v) is 3.83. The third kappa shape index (κ3) is 5.93. The fourth-order valence-electron chi connectivity index (χ4n) is 2.49. The van der Waals surface area contributed by atoms with Gasteiger partial charge >= 0.3 is 5.97 Å². The van der Waals surface area contributed by atoms with Crippen molar-refractivity contribution in [3.63, 3.8) is 0 Å². The molecule has 0 aliphatic heterocycles. The number of amides is 2. The maximum atomic E-state index is 12.8. The van der Waals surface area contributed by atoms with Gasteiger partial charge < -0.3 is 26.9 Å². The van der Waals surface area contributed by atoms with Crippen LogP contribution in [0, 0.1) is 0 Å². The number of hydrogen-bond acceptors (Lipinski definition) is 7. The molecule has 0 aliphatic rings. The van der Waals surface area contributed by atoms with E-state index in [1.807, 2.05) is 0 Å². The fourth-order valence-corrected chi connectivity index (χ4v) is 2.49. The molecule has 2 atom stereocenters. The van der Waals surface area contributed by atoms with Gasteiger partial charge in [0, 0.05) is 18.3 Å². The molecule has 2 unspecified atom stereocenters. The lowest BCUT2D eigenvalue weighted by molar-refractivity contribution is -0.158. The molecule has 25 heavy (non-hydrogen) atoms. The number of H-pyrrole nitrogens is 1.